The second-order valence-corrected chi connectivity index (χ2v) is 8.79. The number of nitrogens with zero attached hydrogens (tertiary/aromatic N) is 2. The molecule has 4 heteroatoms. The number of hydrogen-bond donors (Lipinski definition) is 1. The summed E-state index contributed by atoms with van der Waals surface area (Å²) in [6, 6.07) is 20.9. The van der Waals surface area contributed by atoms with Crippen molar-refractivity contribution in [3.05, 3.63) is 71.8 Å². The van der Waals surface area contributed by atoms with Crippen LogP contribution in [0, 0.1) is 5.41 Å². The van der Waals surface area contributed by atoms with Crippen LogP contribution >= 0.6 is 0 Å². The van der Waals surface area contributed by atoms with Crippen molar-refractivity contribution in [1.82, 2.24) is 9.80 Å². The molecule has 2 aliphatic heterocycles. The van der Waals surface area contributed by atoms with Crippen LogP contribution in [-0.4, -0.2) is 60.1 Å². The summed E-state index contributed by atoms with van der Waals surface area (Å²) in [6.07, 6.45) is 3.57. The van der Waals surface area contributed by atoms with Gasteiger partial charge in [-0.3, -0.25) is 4.79 Å². The number of likely N-dealkylation sites (N-methyl/N-ethyl adjacent to an activating group) is 1. The highest BCUT2D eigenvalue weighted by Crippen LogP contribution is 2.42. The second kappa shape index (κ2) is 8.68. The minimum absolute atomic E-state index is 0.0396. The number of hydrogen-bond acceptors (Lipinski definition) is 3. The number of likely N-dealkylation sites (tertiary alicyclic amines) is 2. The smallest absolute Gasteiger partial charge is 0.223 e. The lowest BCUT2D eigenvalue weighted by molar-refractivity contribution is -0.140. The van der Waals surface area contributed by atoms with Crippen LogP contribution in [0.2, 0.25) is 0 Å². The molecular formula is C25H32N2O2. The summed E-state index contributed by atoms with van der Waals surface area (Å²) in [7, 11) is 2.14. The van der Waals surface area contributed by atoms with E-state index < -0.39 is 0 Å². The Morgan fingerprint density at radius 2 is 1.66 bits per heavy atom. The Morgan fingerprint density at radius 1 is 1.03 bits per heavy atom. The molecule has 4 rings (SSSR count). The molecular weight excluding hydrogens is 360 g/mol. The fourth-order valence-corrected chi connectivity index (χ4v) is 5.35. The van der Waals surface area contributed by atoms with Crippen molar-refractivity contribution in [3.8, 4) is 0 Å². The summed E-state index contributed by atoms with van der Waals surface area (Å²) in [5.41, 5.74) is 2.33. The first-order valence-electron chi connectivity index (χ1n) is 10.8. The molecule has 154 valence electrons. The van der Waals surface area contributed by atoms with E-state index in [1.165, 1.54) is 11.1 Å². The normalized spacial score (nSPS) is 25.1. The maximum Gasteiger partial charge on any atom is 0.223 e. The van der Waals surface area contributed by atoms with Crippen molar-refractivity contribution in [1.29, 1.82) is 0 Å². The van der Waals surface area contributed by atoms with Gasteiger partial charge < -0.3 is 14.9 Å². The molecule has 2 aliphatic rings. The van der Waals surface area contributed by atoms with Crippen molar-refractivity contribution >= 4 is 5.91 Å². The molecule has 2 saturated heterocycles. The average Bonchev–Trinajstić information content (AvgIpc) is 2.78. The minimum atomic E-state index is -0.0396. The Hall–Kier alpha value is -2.17. The SMILES string of the molecule is CN1CCC[C@]2(CO)CCN(C(=O)CC(c3ccccc3)c3ccccc3)C[C@@H]12. The van der Waals surface area contributed by atoms with E-state index >= 15 is 0 Å². The third-order valence-corrected chi connectivity index (χ3v) is 7.15. The lowest BCUT2D eigenvalue weighted by Crippen LogP contribution is -2.62. The third-order valence-electron chi connectivity index (χ3n) is 7.15. The maximum absolute atomic E-state index is 13.4. The number of aliphatic hydroxyl groups excluding tert-OH is 1. The Balaban J connectivity index is 1.53. The third kappa shape index (κ3) is 4.10. The van der Waals surface area contributed by atoms with E-state index in [1.54, 1.807) is 0 Å². The molecule has 0 aliphatic carbocycles. The minimum Gasteiger partial charge on any atom is -0.396 e. The Kier molecular flexibility index (Phi) is 6.02. The molecule has 2 aromatic rings. The number of rotatable bonds is 5. The first-order chi connectivity index (χ1) is 14.1. The molecule has 0 saturated carbocycles. The number of fused-ring (bicyclic) bond motifs is 1. The zero-order valence-electron chi connectivity index (χ0n) is 17.3. The van der Waals surface area contributed by atoms with E-state index in [9.17, 15) is 9.90 Å². The zero-order valence-corrected chi connectivity index (χ0v) is 17.3. The van der Waals surface area contributed by atoms with Gasteiger partial charge in [-0.25, -0.2) is 0 Å². The van der Waals surface area contributed by atoms with E-state index in [4.69, 9.17) is 0 Å². The van der Waals surface area contributed by atoms with Crippen LogP contribution in [-0.2, 0) is 4.79 Å². The van der Waals surface area contributed by atoms with Gasteiger partial charge in [0.1, 0.15) is 0 Å². The zero-order chi connectivity index (χ0) is 20.3. The Labute approximate surface area is 174 Å². The van der Waals surface area contributed by atoms with Crippen molar-refractivity contribution < 1.29 is 9.90 Å². The number of benzene rings is 2. The van der Waals surface area contributed by atoms with Gasteiger partial charge in [-0.15, -0.1) is 0 Å². The molecule has 1 N–H and O–H groups in total. The molecule has 2 fully saturated rings. The van der Waals surface area contributed by atoms with Gasteiger partial charge in [-0.1, -0.05) is 60.7 Å². The van der Waals surface area contributed by atoms with E-state index in [2.05, 4.69) is 36.2 Å². The molecule has 2 heterocycles. The summed E-state index contributed by atoms with van der Waals surface area (Å²) in [6.45, 7) is 2.75. The van der Waals surface area contributed by atoms with Gasteiger partial charge in [0.2, 0.25) is 5.91 Å². The standard InChI is InChI=1S/C25H32N2O2/c1-26-15-8-13-25(19-28)14-16-27(18-23(25)26)24(29)17-22(20-9-4-2-5-10-20)21-11-6-3-7-12-21/h2-7,9-12,22-23,28H,8,13-19H2,1H3/t23-,25-/m1/s1. The van der Waals surface area contributed by atoms with Crippen molar-refractivity contribution in [3.63, 3.8) is 0 Å². The van der Waals surface area contributed by atoms with Crippen LogP contribution in [0.1, 0.15) is 42.7 Å². The molecule has 0 aromatic heterocycles. The number of carbonyl (C=O) groups is 1. The predicted molar refractivity (Wildman–Crippen MR) is 116 cm³/mol. The first kappa shape index (κ1) is 20.1. The Bertz CT molecular complexity index is 771. The number of piperidine rings is 2. The van der Waals surface area contributed by atoms with Crippen molar-refractivity contribution in [2.75, 3.05) is 33.3 Å². The first-order valence-corrected chi connectivity index (χ1v) is 10.8. The quantitative estimate of drug-likeness (QED) is 0.847. The van der Waals surface area contributed by atoms with Gasteiger partial charge >= 0.3 is 0 Å². The van der Waals surface area contributed by atoms with Gasteiger partial charge in [-0.05, 0) is 44.0 Å². The number of amides is 1. The van der Waals surface area contributed by atoms with Crippen LogP contribution in [0.25, 0.3) is 0 Å². The van der Waals surface area contributed by atoms with Gasteiger partial charge in [-0.2, -0.15) is 0 Å². The van der Waals surface area contributed by atoms with E-state index in [0.717, 1.165) is 38.9 Å². The van der Waals surface area contributed by atoms with Crippen LogP contribution in [0.3, 0.4) is 0 Å². The summed E-state index contributed by atoms with van der Waals surface area (Å²) in [5.74, 6) is 0.284. The van der Waals surface area contributed by atoms with Gasteiger partial charge in [0.15, 0.2) is 0 Å². The summed E-state index contributed by atoms with van der Waals surface area (Å²) >= 11 is 0. The monoisotopic (exact) mass is 392 g/mol. The lowest BCUT2D eigenvalue weighted by Gasteiger charge is -2.53. The van der Waals surface area contributed by atoms with Crippen molar-refractivity contribution in [2.24, 2.45) is 5.41 Å². The topological polar surface area (TPSA) is 43.8 Å². The van der Waals surface area contributed by atoms with Gasteiger partial charge in [0.05, 0.1) is 6.61 Å². The molecule has 1 amide bonds. The molecule has 2 atom stereocenters. The largest absolute Gasteiger partial charge is 0.396 e. The number of aliphatic hydroxyl groups is 1. The highest BCUT2D eigenvalue weighted by Gasteiger charge is 2.47. The van der Waals surface area contributed by atoms with Crippen LogP contribution in [0.5, 0.6) is 0 Å². The highest BCUT2D eigenvalue weighted by atomic mass is 16.3. The summed E-state index contributed by atoms with van der Waals surface area (Å²) < 4.78 is 0. The van der Waals surface area contributed by atoms with Crippen LogP contribution in [0.15, 0.2) is 60.7 Å². The van der Waals surface area contributed by atoms with Gasteiger partial charge in [0.25, 0.3) is 0 Å². The highest BCUT2D eigenvalue weighted by molar-refractivity contribution is 5.78. The average molecular weight is 393 g/mol. The lowest BCUT2D eigenvalue weighted by atomic mass is 9.69. The van der Waals surface area contributed by atoms with Crippen LogP contribution in [0.4, 0.5) is 0 Å². The van der Waals surface area contributed by atoms with Gasteiger partial charge in [0, 0.05) is 36.9 Å². The second-order valence-electron chi connectivity index (χ2n) is 8.79. The molecule has 0 bridgehead atoms. The molecule has 0 unspecified atom stereocenters. The maximum atomic E-state index is 13.4. The van der Waals surface area contributed by atoms with Crippen LogP contribution < -0.4 is 0 Å². The number of carbonyl (C=O) groups excluding carboxylic acids is 1. The van der Waals surface area contributed by atoms with E-state index in [-0.39, 0.29) is 29.9 Å². The van der Waals surface area contributed by atoms with E-state index in [0.29, 0.717) is 6.42 Å². The Morgan fingerprint density at radius 3 is 2.24 bits per heavy atom. The van der Waals surface area contributed by atoms with E-state index in [1.807, 2.05) is 41.3 Å². The van der Waals surface area contributed by atoms with Crippen molar-refractivity contribution in [2.45, 2.75) is 37.6 Å². The predicted octanol–water partition coefficient (Wildman–Crippen LogP) is 3.51. The summed E-state index contributed by atoms with van der Waals surface area (Å²) in [5, 5.41) is 10.1. The molecule has 2 aromatic carbocycles. The molecule has 29 heavy (non-hydrogen) atoms. The fraction of sp³-hybridized carbons (Fsp3) is 0.480. The molecule has 0 radical (unpaired) electrons. The fourth-order valence-electron chi connectivity index (χ4n) is 5.35. The molecule has 4 nitrogen and oxygen atoms in total. The summed E-state index contributed by atoms with van der Waals surface area (Å²) in [4.78, 5) is 17.8. The molecule has 0 spiro atoms.